The first-order chi connectivity index (χ1) is 17.4. The van der Waals surface area contributed by atoms with Gasteiger partial charge in [-0.25, -0.2) is 9.78 Å². The van der Waals surface area contributed by atoms with Crippen LogP contribution in [0.2, 0.25) is 0 Å². The van der Waals surface area contributed by atoms with E-state index in [-0.39, 0.29) is 25.7 Å². The van der Waals surface area contributed by atoms with Gasteiger partial charge in [-0.15, -0.1) is 0 Å². The van der Waals surface area contributed by atoms with Crippen LogP contribution in [0.5, 0.6) is 0 Å². The normalized spacial score (nSPS) is 14.0. The van der Waals surface area contributed by atoms with Crippen molar-refractivity contribution >= 4 is 47.4 Å². The molecule has 0 fully saturated rings. The number of hydrogen-bond donors (Lipinski definition) is 8. The number of carboxylic acids is 3. The maximum absolute atomic E-state index is 13.0. The number of nitrogens with zero attached hydrogens (tertiary/aromatic N) is 1. The van der Waals surface area contributed by atoms with Crippen LogP contribution >= 0.6 is 11.8 Å². The van der Waals surface area contributed by atoms with Crippen LogP contribution in [0.1, 0.15) is 37.8 Å². The zero-order chi connectivity index (χ0) is 28.0. The van der Waals surface area contributed by atoms with Crippen LogP contribution in [0.3, 0.4) is 0 Å². The van der Waals surface area contributed by atoms with Crippen LogP contribution in [0.4, 0.5) is 0 Å². The van der Waals surface area contributed by atoms with Gasteiger partial charge in [-0.05, 0) is 31.3 Å². The summed E-state index contributed by atoms with van der Waals surface area (Å²) in [6.45, 7) is 0. The van der Waals surface area contributed by atoms with Crippen LogP contribution in [0.25, 0.3) is 0 Å². The van der Waals surface area contributed by atoms with E-state index in [1.165, 1.54) is 24.3 Å². The van der Waals surface area contributed by atoms with Gasteiger partial charge in [0.2, 0.25) is 17.7 Å². The molecule has 37 heavy (non-hydrogen) atoms. The second kappa shape index (κ2) is 16.2. The molecule has 0 saturated heterocycles. The molecule has 15 nitrogen and oxygen atoms in total. The topological polar surface area (TPSA) is 254 Å². The number of carboxylic acid groups (broad SMARTS) is 3. The summed E-state index contributed by atoms with van der Waals surface area (Å²) in [5, 5.41) is 34.2. The number of aliphatic carboxylic acids is 3. The van der Waals surface area contributed by atoms with Gasteiger partial charge in [0.05, 0.1) is 12.4 Å². The molecule has 4 atom stereocenters. The molecule has 3 amide bonds. The summed E-state index contributed by atoms with van der Waals surface area (Å²) < 4.78 is 0. The van der Waals surface area contributed by atoms with Crippen molar-refractivity contribution in [1.29, 1.82) is 0 Å². The Hall–Kier alpha value is -3.66. The minimum absolute atomic E-state index is 0.0742. The first-order valence-electron chi connectivity index (χ1n) is 11.2. The zero-order valence-corrected chi connectivity index (χ0v) is 21.0. The molecule has 206 valence electrons. The molecule has 1 aromatic rings. The van der Waals surface area contributed by atoms with E-state index in [1.807, 2.05) is 0 Å². The molecule has 0 radical (unpaired) electrons. The molecular weight excluding hydrogens is 512 g/mol. The lowest BCUT2D eigenvalue weighted by molar-refractivity contribution is -0.143. The van der Waals surface area contributed by atoms with Crippen LogP contribution in [-0.2, 0) is 35.2 Å². The molecular formula is C21H32N6O9S. The van der Waals surface area contributed by atoms with Gasteiger partial charge < -0.3 is 42.0 Å². The van der Waals surface area contributed by atoms with Crippen LogP contribution < -0.4 is 21.7 Å². The Bertz CT molecular complexity index is 943. The fourth-order valence-corrected chi connectivity index (χ4v) is 3.59. The number of aromatic amines is 1. The SMILES string of the molecule is CSCCC(NC(=O)C(CCC(=O)O)NC(=O)C(N)Cc1cnc[nH]1)C(=O)NC(CCC(=O)O)C(=O)O. The molecule has 0 bridgehead atoms. The third kappa shape index (κ3) is 12.2. The van der Waals surface area contributed by atoms with Gasteiger partial charge in [-0.3, -0.25) is 24.0 Å². The highest BCUT2D eigenvalue weighted by atomic mass is 32.2. The number of H-pyrrole nitrogens is 1. The summed E-state index contributed by atoms with van der Waals surface area (Å²) in [6.07, 6.45) is 3.15. The number of thioether (sulfide) groups is 1. The van der Waals surface area contributed by atoms with Crippen molar-refractivity contribution in [3.63, 3.8) is 0 Å². The number of nitrogens with two attached hydrogens (primary N) is 1. The van der Waals surface area contributed by atoms with E-state index in [0.717, 1.165) is 0 Å². The van der Waals surface area contributed by atoms with Gasteiger partial charge in [-0.1, -0.05) is 0 Å². The predicted molar refractivity (Wildman–Crippen MR) is 130 cm³/mol. The second-order valence-corrected chi connectivity index (χ2v) is 9.04. The van der Waals surface area contributed by atoms with Crippen LogP contribution in [-0.4, -0.2) is 97.1 Å². The molecule has 0 saturated carbocycles. The Morgan fingerprint density at radius 2 is 1.41 bits per heavy atom. The highest BCUT2D eigenvalue weighted by Gasteiger charge is 2.30. The van der Waals surface area contributed by atoms with Gasteiger partial charge >= 0.3 is 17.9 Å². The molecule has 1 aromatic heterocycles. The molecule has 1 rings (SSSR count). The minimum atomic E-state index is -1.50. The maximum atomic E-state index is 13.0. The largest absolute Gasteiger partial charge is 0.481 e. The van der Waals surface area contributed by atoms with Crippen molar-refractivity contribution in [3.05, 3.63) is 18.2 Å². The standard InChI is InChI=1S/C21H32N6O9S/c1-37-7-6-14(20(34)27-15(21(35)36)3-5-17(30)31)26-19(33)13(2-4-16(28)29)25-18(32)12(22)8-11-9-23-10-24-11/h9-10,12-15H,2-8,22H2,1H3,(H,23,24)(H,25,32)(H,26,33)(H,27,34)(H,28,29)(H,30,31)(H,35,36). The lowest BCUT2D eigenvalue weighted by Crippen LogP contribution is -2.57. The third-order valence-corrected chi connectivity index (χ3v) is 5.76. The van der Waals surface area contributed by atoms with Crippen molar-refractivity contribution < 1.29 is 44.1 Å². The van der Waals surface area contributed by atoms with Gasteiger partial charge in [0.1, 0.15) is 18.1 Å². The Kier molecular flexibility index (Phi) is 13.7. The monoisotopic (exact) mass is 544 g/mol. The Morgan fingerprint density at radius 1 is 0.892 bits per heavy atom. The number of aromatic nitrogens is 2. The van der Waals surface area contributed by atoms with Crippen molar-refractivity contribution in [2.24, 2.45) is 5.73 Å². The molecule has 9 N–H and O–H groups in total. The lowest BCUT2D eigenvalue weighted by Gasteiger charge is -2.25. The van der Waals surface area contributed by atoms with Crippen LogP contribution in [0.15, 0.2) is 12.5 Å². The average Bonchev–Trinajstić information content (AvgIpc) is 3.33. The summed E-state index contributed by atoms with van der Waals surface area (Å²) in [5.41, 5.74) is 6.46. The summed E-state index contributed by atoms with van der Waals surface area (Å²) >= 11 is 1.36. The van der Waals surface area contributed by atoms with Gasteiger partial charge in [0.25, 0.3) is 0 Å². The van der Waals surface area contributed by atoms with Gasteiger partial charge in [0, 0.05) is 31.2 Å². The van der Waals surface area contributed by atoms with E-state index >= 15 is 0 Å². The Balaban J connectivity index is 2.95. The van der Waals surface area contributed by atoms with Crippen molar-refractivity contribution in [2.45, 2.75) is 62.7 Å². The minimum Gasteiger partial charge on any atom is -0.481 e. The molecule has 16 heteroatoms. The lowest BCUT2D eigenvalue weighted by atomic mass is 10.1. The molecule has 4 unspecified atom stereocenters. The highest BCUT2D eigenvalue weighted by molar-refractivity contribution is 7.98. The summed E-state index contributed by atoms with van der Waals surface area (Å²) in [6, 6.07) is -5.15. The Morgan fingerprint density at radius 3 is 1.89 bits per heavy atom. The summed E-state index contributed by atoms with van der Waals surface area (Å²) in [5.74, 6) is -5.95. The van der Waals surface area contributed by atoms with Crippen molar-refractivity contribution in [3.8, 4) is 0 Å². The molecule has 1 heterocycles. The van der Waals surface area contributed by atoms with Crippen molar-refractivity contribution in [1.82, 2.24) is 25.9 Å². The average molecular weight is 545 g/mol. The fourth-order valence-electron chi connectivity index (χ4n) is 3.12. The number of amides is 3. The number of rotatable bonds is 18. The highest BCUT2D eigenvalue weighted by Crippen LogP contribution is 2.07. The van der Waals surface area contributed by atoms with E-state index in [1.54, 1.807) is 6.26 Å². The first-order valence-corrected chi connectivity index (χ1v) is 12.6. The Labute approximate surface area is 216 Å². The number of carbonyl (C=O) groups is 6. The predicted octanol–water partition coefficient (Wildman–Crippen LogP) is -1.70. The van der Waals surface area contributed by atoms with E-state index < -0.39 is 72.6 Å². The smallest absolute Gasteiger partial charge is 0.326 e. The number of hydrogen-bond acceptors (Lipinski definition) is 9. The van der Waals surface area contributed by atoms with Gasteiger partial charge in [0.15, 0.2) is 0 Å². The first kappa shape index (κ1) is 31.4. The van der Waals surface area contributed by atoms with E-state index in [9.17, 15) is 33.9 Å². The zero-order valence-electron chi connectivity index (χ0n) is 20.1. The fraction of sp³-hybridized carbons (Fsp3) is 0.571. The summed E-state index contributed by atoms with van der Waals surface area (Å²) in [7, 11) is 0. The van der Waals surface area contributed by atoms with E-state index in [2.05, 4.69) is 25.9 Å². The molecule has 0 aromatic carbocycles. The number of nitrogens with one attached hydrogen (secondary N) is 4. The number of imidazole rings is 1. The van der Waals surface area contributed by atoms with Crippen molar-refractivity contribution in [2.75, 3.05) is 12.0 Å². The van der Waals surface area contributed by atoms with E-state index in [0.29, 0.717) is 11.4 Å². The molecule has 0 aliphatic rings. The van der Waals surface area contributed by atoms with Crippen LogP contribution in [0, 0.1) is 0 Å². The maximum Gasteiger partial charge on any atom is 0.326 e. The summed E-state index contributed by atoms with van der Waals surface area (Å²) in [4.78, 5) is 78.3. The van der Waals surface area contributed by atoms with Gasteiger partial charge in [-0.2, -0.15) is 11.8 Å². The molecule has 0 aliphatic heterocycles. The number of carbonyl (C=O) groups excluding carboxylic acids is 3. The van der Waals surface area contributed by atoms with E-state index in [4.69, 9.17) is 15.9 Å². The molecule has 0 spiro atoms. The third-order valence-electron chi connectivity index (χ3n) is 5.12. The molecule has 0 aliphatic carbocycles. The quantitative estimate of drug-likeness (QED) is 0.103. The second-order valence-electron chi connectivity index (χ2n) is 8.06.